The van der Waals surface area contributed by atoms with Crippen LogP contribution in [0, 0.1) is 0 Å². The highest BCUT2D eigenvalue weighted by atomic mass is 32.2. The van der Waals surface area contributed by atoms with Crippen LogP contribution < -0.4 is 10.1 Å². The molecule has 0 saturated carbocycles. The van der Waals surface area contributed by atoms with Crippen molar-refractivity contribution in [3.8, 4) is 28.4 Å². The lowest BCUT2D eigenvalue weighted by atomic mass is 9.99. The lowest BCUT2D eigenvalue weighted by Crippen LogP contribution is -2.31. The Balaban J connectivity index is 1.83. The number of hydrogen-bond donors (Lipinski definition) is 1. The van der Waals surface area contributed by atoms with Gasteiger partial charge in [-0.25, -0.2) is 4.98 Å². The van der Waals surface area contributed by atoms with Crippen LogP contribution in [0.2, 0.25) is 0 Å². The first-order valence-corrected chi connectivity index (χ1v) is 14.1. The van der Waals surface area contributed by atoms with Gasteiger partial charge in [0.1, 0.15) is 23.0 Å². The van der Waals surface area contributed by atoms with E-state index in [0.717, 1.165) is 52.4 Å². The highest BCUT2D eigenvalue weighted by molar-refractivity contribution is 7.98. The molecule has 0 radical (unpaired) electrons. The second kappa shape index (κ2) is 12.6. The summed E-state index contributed by atoms with van der Waals surface area (Å²) in [4.78, 5) is 20.3. The summed E-state index contributed by atoms with van der Waals surface area (Å²) in [5, 5.41) is 3.35. The maximum Gasteiger partial charge on any atom is 0.270 e. The summed E-state index contributed by atoms with van der Waals surface area (Å²) in [7, 11) is 1.67. The molecule has 1 amide bonds. The van der Waals surface area contributed by atoms with Gasteiger partial charge in [-0.15, -0.1) is 11.8 Å². The number of nitrogens with one attached hydrogen (secondary N) is 1. The van der Waals surface area contributed by atoms with Crippen LogP contribution in [-0.2, 0) is 6.54 Å². The molecule has 5 nitrogen and oxygen atoms in total. The van der Waals surface area contributed by atoms with Crippen molar-refractivity contribution in [3.63, 3.8) is 0 Å². The topological polar surface area (TPSA) is 56.2 Å². The molecule has 0 aliphatic heterocycles. The predicted molar refractivity (Wildman–Crippen MR) is 153 cm³/mol. The number of unbranched alkanes of at least 4 members (excludes halogenated alkanes) is 1. The lowest BCUT2D eigenvalue weighted by molar-refractivity contribution is 0.0925. The second-order valence-corrected chi connectivity index (χ2v) is 9.76. The van der Waals surface area contributed by atoms with Gasteiger partial charge in [-0.2, -0.15) is 0 Å². The number of rotatable bonds is 11. The molecule has 192 valence electrons. The minimum Gasteiger partial charge on any atom is -0.496 e. The average Bonchev–Trinajstić information content (AvgIpc) is 3.35. The van der Waals surface area contributed by atoms with Crippen molar-refractivity contribution in [3.05, 3.63) is 90.1 Å². The predicted octanol–water partition coefficient (Wildman–Crippen LogP) is 7.63. The van der Waals surface area contributed by atoms with Crippen molar-refractivity contribution in [2.75, 3.05) is 13.4 Å². The molecule has 6 heteroatoms. The molecule has 3 aromatic carbocycles. The van der Waals surface area contributed by atoms with E-state index in [-0.39, 0.29) is 11.9 Å². The Morgan fingerprint density at radius 3 is 2.43 bits per heavy atom. The summed E-state index contributed by atoms with van der Waals surface area (Å²) in [6, 6.07) is 26.1. The summed E-state index contributed by atoms with van der Waals surface area (Å²) in [6.45, 7) is 4.84. The highest BCUT2D eigenvalue weighted by Crippen LogP contribution is 2.33. The third kappa shape index (κ3) is 5.91. The van der Waals surface area contributed by atoms with Gasteiger partial charge in [-0.3, -0.25) is 4.79 Å². The number of nitrogens with zero attached hydrogens (tertiary/aromatic N) is 2. The molecule has 1 heterocycles. The number of amides is 1. The SMILES string of the molecule is CCCCC(NC(=O)c1c(-c2cccc(SC)c2)nc(-c2ccccc2)n1CC)c1ccccc1OC. The zero-order valence-corrected chi connectivity index (χ0v) is 22.8. The standard InChI is InChI=1S/C31H35N3O2S/c1-5-7-19-26(25-18-11-12-20-27(25)36-3)32-31(35)29-28(23-16-13-17-24(21-23)37-4)33-30(34(29)6-2)22-14-9-8-10-15-22/h8-18,20-21,26H,5-7,19H2,1-4H3,(H,32,35). The molecule has 0 spiro atoms. The molecule has 37 heavy (non-hydrogen) atoms. The molecule has 1 aromatic heterocycles. The zero-order valence-electron chi connectivity index (χ0n) is 22.0. The monoisotopic (exact) mass is 513 g/mol. The van der Waals surface area contributed by atoms with Crippen LogP contribution in [0.5, 0.6) is 5.75 Å². The number of benzene rings is 3. The van der Waals surface area contributed by atoms with Gasteiger partial charge in [0.25, 0.3) is 5.91 Å². The molecule has 4 rings (SSSR count). The van der Waals surface area contributed by atoms with E-state index in [2.05, 4.69) is 37.6 Å². The van der Waals surface area contributed by atoms with Gasteiger partial charge in [0.15, 0.2) is 0 Å². The van der Waals surface area contributed by atoms with Crippen LogP contribution in [0.1, 0.15) is 55.2 Å². The number of carbonyl (C=O) groups is 1. The van der Waals surface area contributed by atoms with Gasteiger partial charge >= 0.3 is 0 Å². The van der Waals surface area contributed by atoms with Crippen molar-refractivity contribution in [1.82, 2.24) is 14.9 Å². The quantitative estimate of drug-likeness (QED) is 0.210. The molecular weight excluding hydrogens is 478 g/mol. The number of para-hydroxylation sites is 1. The highest BCUT2D eigenvalue weighted by Gasteiger charge is 2.27. The summed E-state index contributed by atoms with van der Waals surface area (Å²) >= 11 is 1.68. The Hall–Kier alpha value is -3.51. The minimum atomic E-state index is -0.172. The van der Waals surface area contributed by atoms with E-state index in [1.54, 1.807) is 18.9 Å². The second-order valence-electron chi connectivity index (χ2n) is 8.89. The normalized spacial score (nSPS) is 11.8. The van der Waals surface area contributed by atoms with E-state index < -0.39 is 0 Å². The Morgan fingerprint density at radius 1 is 1.00 bits per heavy atom. The van der Waals surface area contributed by atoms with Gasteiger partial charge in [0.05, 0.1) is 13.2 Å². The van der Waals surface area contributed by atoms with Gasteiger partial charge < -0.3 is 14.6 Å². The van der Waals surface area contributed by atoms with E-state index in [1.165, 1.54) is 0 Å². The van der Waals surface area contributed by atoms with E-state index in [9.17, 15) is 4.79 Å². The Bertz CT molecular complexity index is 1330. The number of hydrogen-bond acceptors (Lipinski definition) is 4. The van der Waals surface area contributed by atoms with Crippen LogP contribution in [0.15, 0.2) is 83.8 Å². The molecule has 0 fully saturated rings. The van der Waals surface area contributed by atoms with Crippen molar-refractivity contribution in [1.29, 1.82) is 0 Å². The van der Waals surface area contributed by atoms with Crippen LogP contribution in [0.4, 0.5) is 0 Å². The molecule has 0 aliphatic carbocycles. The van der Waals surface area contributed by atoms with Crippen molar-refractivity contribution in [2.45, 2.75) is 50.6 Å². The first kappa shape index (κ1) is 26.6. The van der Waals surface area contributed by atoms with E-state index in [0.29, 0.717) is 17.9 Å². The molecule has 0 saturated heterocycles. The first-order valence-electron chi connectivity index (χ1n) is 12.8. The largest absolute Gasteiger partial charge is 0.496 e. The number of aromatic nitrogens is 2. The smallest absolute Gasteiger partial charge is 0.270 e. The number of carbonyl (C=O) groups excluding carboxylic acids is 1. The van der Waals surface area contributed by atoms with Crippen molar-refractivity contribution < 1.29 is 9.53 Å². The molecule has 1 unspecified atom stereocenters. The fraction of sp³-hybridized carbons (Fsp3) is 0.290. The summed E-state index contributed by atoms with van der Waals surface area (Å²) in [5.74, 6) is 1.44. The van der Waals surface area contributed by atoms with Crippen LogP contribution >= 0.6 is 11.8 Å². The Kier molecular flexibility index (Phi) is 9.07. The molecule has 0 aliphatic rings. The summed E-state index contributed by atoms with van der Waals surface area (Å²) in [6.07, 6.45) is 4.91. The molecular formula is C31H35N3O2S. The lowest BCUT2D eigenvalue weighted by Gasteiger charge is -2.22. The van der Waals surface area contributed by atoms with Gasteiger partial charge in [0, 0.05) is 28.1 Å². The minimum absolute atomic E-state index is 0.131. The van der Waals surface area contributed by atoms with Gasteiger partial charge in [-0.1, -0.05) is 80.4 Å². The third-order valence-electron chi connectivity index (χ3n) is 6.54. The molecule has 1 atom stereocenters. The van der Waals surface area contributed by atoms with E-state index >= 15 is 0 Å². The fourth-order valence-electron chi connectivity index (χ4n) is 4.66. The van der Waals surface area contributed by atoms with Gasteiger partial charge in [-0.05, 0) is 37.8 Å². The first-order chi connectivity index (χ1) is 18.1. The van der Waals surface area contributed by atoms with Crippen LogP contribution in [-0.4, -0.2) is 28.8 Å². The van der Waals surface area contributed by atoms with Gasteiger partial charge in [0.2, 0.25) is 0 Å². The number of thioether (sulfide) groups is 1. The summed E-state index contributed by atoms with van der Waals surface area (Å²) < 4.78 is 7.68. The molecule has 4 aromatic rings. The number of methoxy groups -OCH3 is 1. The maximum atomic E-state index is 14.1. The fourth-order valence-corrected chi connectivity index (χ4v) is 5.12. The van der Waals surface area contributed by atoms with Crippen LogP contribution in [0.3, 0.4) is 0 Å². The van der Waals surface area contributed by atoms with E-state index in [4.69, 9.17) is 9.72 Å². The average molecular weight is 514 g/mol. The van der Waals surface area contributed by atoms with Crippen molar-refractivity contribution in [2.24, 2.45) is 0 Å². The maximum absolute atomic E-state index is 14.1. The van der Waals surface area contributed by atoms with Crippen molar-refractivity contribution >= 4 is 17.7 Å². The Labute approximate surface area is 224 Å². The van der Waals surface area contributed by atoms with E-state index in [1.807, 2.05) is 71.3 Å². The zero-order chi connectivity index (χ0) is 26.2. The molecule has 0 bridgehead atoms. The third-order valence-corrected chi connectivity index (χ3v) is 7.27. The number of imidazole rings is 1. The number of ether oxygens (including phenoxy) is 1. The summed E-state index contributed by atoms with van der Waals surface area (Å²) in [5.41, 5.74) is 4.18. The van der Waals surface area contributed by atoms with Crippen LogP contribution in [0.25, 0.3) is 22.6 Å². The molecule has 1 N–H and O–H groups in total. The Morgan fingerprint density at radius 2 is 1.73 bits per heavy atom.